The number of carbonyl (C=O) groups is 2. The van der Waals surface area contributed by atoms with Gasteiger partial charge in [-0.25, -0.2) is 14.7 Å². The molecular formula is C23H27N5O4. The van der Waals surface area contributed by atoms with Gasteiger partial charge in [0.05, 0.1) is 23.2 Å². The number of hydrogen-bond acceptors (Lipinski definition) is 6. The normalized spacial score (nSPS) is 10.5. The molecular weight excluding hydrogens is 410 g/mol. The zero-order valence-electron chi connectivity index (χ0n) is 17.9. The van der Waals surface area contributed by atoms with Gasteiger partial charge in [0.2, 0.25) is 0 Å². The standard InChI is InChI=1S/C23H27N5O4/c1-2-3-15-32-22(30)18-11-6-7-12-19(18)26-23(31)25-14-8-13-24-20-16-9-4-5-10-17(16)21(29)28-27-20/h4-7,9-12H,2-3,8,13-15H2,1H3,(H,24,27)(H,28,29)(H2,25,26,31). The number of para-hydroxylation sites is 1. The highest BCUT2D eigenvalue weighted by Crippen LogP contribution is 2.17. The summed E-state index contributed by atoms with van der Waals surface area (Å²) in [4.78, 5) is 36.3. The lowest BCUT2D eigenvalue weighted by atomic mass is 10.2. The second-order valence-corrected chi connectivity index (χ2v) is 7.14. The van der Waals surface area contributed by atoms with Crippen molar-refractivity contribution in [3.63, 3.8) is 0 Å². The van der Waals surface area contributed by atoms with Crippen molar-refractivity contribution in [1.29, 1.82) is 0 Å². The summed E-state index contributed by atoms with van der Waals surface area (Å²) in [5, 5.41) is 16.5. The highest BCUT2D eigenvalue weighted by molar-refractivity contribution is 6.00. The molecule has 0 fully saturated rings. The van der Waals surface area contributed by atoms with Gasteiger partial charge in [-0.15, -0.1) is 0 Å². The lowest BCUT2D eigenvalue weighted by Gasteiger charge is -2.12. The van der Waals surface area contributed by atoms with Gasteiger partial charge in [0, 0.05) is 18.5 Å². The highest BCUT2D eigenvalue weighted by Gasteiger charge is 2.14. The minimum absolute atomic E-state index is 0.237. The minimum Gasteiger partial charge on any atom is -0.462 e. The van der Waals surface area contributed by atoms with Crippen LogP contribution in [0, 0.1) is 0 Å². The van der Waals surface area contributed by atoms with Crippen LogP contribution < -0.4 is 21.5 Å². The fraction of sp³-hybridized carbons (Fsp3) is 0.304. The van der Waals surface area contributed by atoms with Crippen molar-refractivity contribution in [3.05, 3.63) is 64.4 Å². The van der Waals surface area contributed by atoms with Crippen molar-refractivity contribution >= 4 is 34.3 Å². The molecule has 9 nitrogen and oxygen atoms in total. The van der Waals surface area contributed by atoms with E-state index in [1.165, 1.54) is 0 Å². The van der Waals surface area contributed by atoms with E-state index in [9.17, 15) is 14.4 Å². The summed E-state index contributed by atoms with van der Waals surface area (Å²) >= 11 is 0. The molecule has 0 saturated carbocycles. The Hall–Kier alpha value is -3.88. The Balaban J connectivity index is 1.46. The first kappa shape index (κ1) is 22.8. The molecule has 0 spiro atoms. The number of rotatable bonds is 10. The van der Waals surface area contributed by atoms with Gasteiger partial charge in [-0.2, -0.15) is 5.10 Å². The van der Waals surface area contributed by atoms with Crippen LogP contribution in [-0.2, 0) is 4.74 Å². The Morgan fingerprint density at radius 1 is 1.00 bits per heavy atom. The van der Waals surface area contributed by atoms with Crippen LogP contribution in [0.2, 0.25) is 0 Å². The third-order valence-corrected chi connectivity index (χ3v) is 4.75. The number of aromatic nitrogens is 2. The highest BCUT2D eigenvalue weighted by atomic mass is 16.5. The molecule has 0 saturated heterocycles. The average Bonchev–Trinajstić information content (AvgIpc) is 2.81. The topological polar surface area (TPSA) is 125 Å². The molecule has 2 aromatic carbocycles. The number of anilines is 2. The molecule has 0 bridgehead atoms. The number of H-pyrrole nitrogens is 1. The van der Waals surface area contributed by atoms with E-state index >= 15 is 0 Å². The van der Waals surface area contributed by atoms with Crippen LogP contribution in [0.1, 0.15) is 36.5 Å². The molecule has 32 heavy (non-hydrogen) atoms. The van der Waals surface area contributed by atoms with E-state index in [1.54, 1.807) is 36.4 Å². The monoisotopic (exact) mass is 437 g/mol. The van der Waals surface area contributed by atoms with Gasteiger partial charge >= 0.3 is 12.0 Å². The van der Waals surface area contributed by atoms with Gasteiger partial charge < -0.3 is 20.7 Å². The van der Waals surface area contributed by atoms with Crippen LogP contribution in [0.25, 0.3) is 10.8 Å². The number of unbranched alkanes of at least 4 members (excludes halogenated alkanes) is 1. The minimum atomic E-state index is -0.459. The number of carbonyl (C=O) groups excluding carboxylic acids is 2. The summed E-state index contributed by atoms with van der Waals surface area (Å²) in [6, 6.07) is 13.5. The molecule has 2 amide bonds. The summed E-state index contributed by atoms with van der Waals surface area (Å²) in [6.07, 6.45) is 2.35. The first-order valence-electron chi connectivity index (χ1n) is 10.6. The molecule has 3 aromatic rings. The van der Waals surface area contributed by atoms with Crippen molar-refractivity contribution in [2.24, 2.45) is 0 Å². The van der Waals surface area contributed by atoms with E-state index in [2.05, 4.69) is 26.1 Å². The number of esters is 1. The number of aromatic amines is 1. The van der Waals surface area contributed by atoms with Crippen LogP contribution in [-0.4, -0.2) is 41.9 Å². The zero-order valence-corrected chi connectivity index (χ0v) is 17.9. The molecule has 0 radical (unpaired) electrons. The van der Waals surface area contributed by atoms with E-state index < -0.39 is 12.0 Å². The van der Waals surface area contributed by atoms with E-state index in [0.717, 1.165) is 18.2 Å². The van der Waals surface area contributed by atoms with Crippen LogP contribution in [0.15, 0.2) is 53.3 Å². The number of hydrogen-bond donors (Lipinski definition) is 4. The Bertz CT molecular complexity index is 1130. The summed E-state index contributed by atoms with van der Waals surface area (Å²) in [6.45, 7) is 3.32. The average molecular weight is 438 g/mol. The first-order valence-corrected chi connectivity index (χ1v) is 10.6. The number of benzene rings is 2. The number of amides is 2. The summed E-state index contributed by atoms with van der Waals surface area (Å²) in [7, 11) is 0. The zero-order chi connectivity index (χ0) is 22.8. The molecule has 0 aliphatic heterocycles. The van der Waals surface area contributed by atoms with Gasteiger partial charge in [0.25, 0.3) is 5.56 Å². The Morgan fingerprint density at radius 2 is 1.75 bits per heavy atom. The number of urea groups is 1. The Labute approximate surface area is 185 Å². The predicted octanol–water partition coefficient (Wildman–Crippen LogP) is 3.50. The number of nitrogens with zero attached hydrogens (tertiary/aromatic N) is 1. The van der Waals surface area contributed by atoms with Crippen LogP contribution in [0.5, 0.6) is 0 Å². The van der Waals surface area contributed by atoms with Gasteiger partial charge in [0.1, 0.15) is 0 Å². The summed E-state index contributed by atoms with van der Waals surface area (Å²) in [5.74, 6) is 0.124. The van der Waals surface area contributed by atoms with Crippen LogP contribution >= 0.6 is 0 Å². The lowest BCUT2D eigenvalue weighted by Crippen LogP contribution is -2.31. The number of fused-ring (bicyclic) bond motifs is 1. The molecule has 0 aliphatic rings. The maximum absolute atomic E-state index is 12.2. The van der Waals surface area contributed by atoms with Crippen molar-refractivity contribution < 1.29 is 14.3 Å². The SMILES string of the molecule is CCCCOC(=O)c1ccccc1NC(=O)NCCCNc1n[nH]c(=O)c2ccccc12. The Morgan fingerprint density at radius 3 is 2.56 bits per heavy atom. The molecule has 0 aliphatic carbocycles. The van der Waals surface area contributed by atoms with Crippen molar-refractivity contribution in [2.45, 2.75) is 26.2 Å². The molecule has 1 heterocycles. The maximum atomic E-state index is 12.2. The van der Waals surface area contributed by atoms with Crippen molar-refractivity contribution in [3.8, 4) is 0 Å². The second kappa shape index (κ2) is 11.5. The molecule has 3 rings (SSSR count). The van der Waals surface area contributed by atoms with E-state index in [1.807, 2.05) is 19.1 Å². The quantitative estimate of drug-likeness (QED) is 0.284. The summed E-state index contributed by atoms with van der Waals surface area (Å²) in [5.41, 5.74) is 0.476. The molecule has 168 valence electrons. The third kappa shape index (κ3) is 6.07. The number of nitrogens with one attached hydrogen (secondary N) is 4. The van der Waals surface area contributed by atoms with E-state index in [-0.39, 0.29) is 5.56 Å². The van der Waals surface area contributed by atoms with Gasteiger partial charge in [-0.05, 0) is 31.0 Å². The molecule has 9 heteroatoms. The van der Waals surface area contributed by atoms with E-state index in [4.69, 9.17) is 4.74 Å². The second-order valence-electron chi connectivity index (χ2n) is 7.14. The smallest absolute Gasteiger partial charge is 0.340 e. The maximum Gasteiger partial charge on any atom is 0.340 e. The van der Waals surface area contributed by atoms with Gasteiger partial charge in [-0.1, -0.05) is 43.7 Å². The molecule has 4 N–H and O–H groups in total. The number of ether oxygens (including phenoxy) is 1. The molecule has 0 atom stereocenters. The molecule has 1 aromatic heterocycles. The van der Waals surface area contributed by atoms with Gasteiger partial charge in [-0.3, -0.25) is 4.79 Å². The fourth-order valence-corrected chi connectivity index (χ4v) is 3.07. The fourth-order valence-electron chi connectivity index (χ4n) is 3.07. The Kier molecular flexibility index (Phi) is 8.19. The van der Waals surface area contributed by atoms with Crippen LogP contribution in [0.3, 0.4) is 0 Å². The van der Waals surface area contributed by atoms with Crippen LogP contribution in [0.4, 0.5) is 16.3 Å². The van der Waals surface area contributed by atoms with E-state index in [0.29, 0.717) is 48.6 Å². The predicted molar refractivity (Wildman–Crippen MR) is 124 cm³/mol. The lowest BCUT2D eigenvalue weighted by molar-refractivity contribution is 0.0501. The van der Waals surface area contributed by atoms with Crippen molar-refractivity contribution in [2.75, 3.05) is 30.3 Å². The summed E-state index contributed by atoms with van der Waals surface area (Å²) < 4.78 is 5.24. The largest absolute Gasteiger partial charge is 0.462 e. The molecule has 0 unspecified atom stereocenters. The third-order valence-electron chi connectivity index (χ3n) is 4.75. The van der Waals surface area contributed by atoms with Crippen molar-refractivity contribution in [1.82, 2.24) is 15.5 Å². The van der Waals surface area contributed by atoms with Gasteiger partial charge in [0.15, 0.2) is 5.82 Å². The first-order chi connectivity index (χ1) is 15.6.